The molecule has 1 aliphatic rings. The molecule has 0 amide bonds. The van der Waals surface area contributed by atoms with Crippen molar-refractivity contribution in [3.63, 3.8) is 0 Å². The topological polar surface area (TPSA) is 66.8 Å². The first-order valence-electron chi connectivity index (χ1n) is 5.70. The number of carbonyl (C=O) groups is 1. The normalized spacial score (nSPS) is 15.4. The molecule has 0 saturated heterocycles. The Balaban J connectivity index is 2.05. The van der Waals surface area contributed by atoms with Gasteiger partial charge in [-0.2, -0.15) is 0 Å². The third kappa shape index (κ3) is 2.04. The van der Waals surface area contributed by atoms with Gasteiger partial charge in [-0.3, -0.25) is 0 Å². The predicted octanol–water partition coefficient (Wildman–Crippen LogP) is 2.77. The molecular weight excluding hydrogens is 244 g/mol. The molecule has 4 nitrogen and oxygen atoms in total. The number of esters is 1. The first kappa shape index (κ1) is 11.3. The molecule has 0 atom stereocenters. The summed E-state index contributed by atoms with van der Waals surface area (Å²) in [6.07, 6.45) is 1.71. The quantitative estimate of drug-likeness (QED) is 0.768. The van der Waals surface area contributed by atoms with Crippen molar-refractivity contribution in [3.8, 4) is 11.5 Å². The Morgan fingerprint density at radius 3 is 2.32 bits per heavy atom. The molecule has 94 valence electrons. The zero-order chi connectivity index (χ0) is 13.4. The number of fused-ring (bicyclic) bond motifs is 1. The van der Waals surface area contributed by atoms with E-state index in [2.05, 4.69) is 0 Å². The lowest BCUT2D eigenvalue weighted by molar-refractivity contribution is 0.0716. The summed E-state index contributed by atoms with van der Waals surface area (Å²) in [4.78, 5) is 11.7. The van der Waals surface area contributed by atoms with Gasteiger partial charge in [0.05, 0.1) is 5.56 Å². The van der Waals surface area contributed by atoms with E-state index in [0.717, 1.165) is 5.56 Å². The summed E-state index contributed by atoms with van der Waals surface area (Å²) >= 11 is 0. The van der Waals surface area contributed by atoms with Crippen LogP contribution in [0.25, 0.3) is 11.8 Å². The van der Waals surface area contributed by atoms with Crippen molar-refractivity contribution in [3.05, 3.63) is 59.2 Å². The van der Waals surface area contributed by atoms with Crippen LogP contribution in [0.3, 0.4) is 0 Å². The zero-order valence-corrected chi connectivity index (χ0v) is 9.83. The molecule has 0 saturated carbocycles. The van der Waals surface area contributed by atoms with Crippen LogP contribution in [0, 0.1) is 0 Å². The van der Waals surface area contributed by atoms with Gasteiger partial charge in [-0.25, -0.2) is 4.79 Å². The summed E-state index contributed by atoms with van der Waals surface area (Å²) in [6.45, 7) is 0. The fourth-order valence-corrected chi connectivity index (χ4v) is 1.95. The summed E-state index contributed by atoms with van der Waals surface area (Å²) in [7, 11) is 0. The number of phenols is 2. The number of phenolic OH excluding ortho intramolecular Hbond substituents is 2. The smallest absolute Gasteiger partial charge is 0.344 e. The lowest BCUT2D eigenvalue weighted by Gasteiger charge is -1.99. The Hall–Kier alpha value is -2.75. The van der Waals surface area contributed by atoms with Crippen molar-refractivity contribution in [2.24, 2.45) is 0 Å². The van der Waals surface area contributed by atoms with Crippen LogP contribution >= 0.6 is 0 Å². The molecule has 0 spiro atoms. The van der Waals surface area contributed by atoms with Crippen LogP contribution in [0.2, 0.25) is 0 Å². The highest BCUT2D eigenvalue weighted by Crippen LogP contribution is 2.33. The van der Waals surface area contributed by atoms with Gasteiger partial charge in [-0.1, -0.05) is 12.1 Å². The SMILES string of the molecule is O=C1OC(=Cc2ccc(O)cc2)c2ccc(O)cc21. The summed E-state index contributed by atoms with van der Waals surface area (Å²) in [5.41, 5.74) is 1.81. The molecule has 0 radical (unpaired) electrons. The molecule has 0 aliphatic carbocycles. The Bertz CT molecular complexity index is 684. The molecule has 19 heavy (non-hydrogen) atoms. The number of hydrogen-bond donors (Lipinski definition) is 2. The highest BCUT2D eigenvalue weighted by atomic mass is 16.5. The van der Waals surface area contributed by atoms with Crippen molar-refractivity contribution in [1.82, 2.24) is 0 Å². The predicted molar refractivity (Wildman–Crippen MR) is 69.5 cm³/mol. The molecule has 2 N–H and O–H groups in total. The lowest BCUT2D eigenvalue weighted by atomic mass is 10.1. The summed E-state index contributed by atoms with van der Waals surface area (Å²) in [5, 5.41) is 18.6. The number of benzene rings is 2. The minimum atomic E-state index is -0.476. The van der Waals surface area contributed by atoms with Crippen LogP contribution in [0.1, 0.15) is 21.5 Å². The molecule has 2 aromatic rings. The van der Waals surface area contributed by atoms with E-state index in [9.17, 15) is 15.0 Å². The summed E-state index contributed by atoms with van der Waals surface area (Å²) < 4.78 is 5.17. The van der Waals surface area contributed by atoms with Crippen molar-refractivity contribution in [1.29, 1.82) is 0 Å². The minimum absolute atomic E-state index is 0.0292. The average Bonchev–Trinajstić information content (AvgIpc) is 2.69. The van der Waals surface area contributed by atoms with Crippen LogP contribution in [0.15, 0.2) is 42.5 Å². The summed E-state index contributed by atoms with van der Waals surface area (Å²) in [5.74, 6) is 0.166. The molecule has 0 unspecified atom stereocenters. The minimum Gasteiger partial charge on any atom is -0.508 e. The third-order valence-electron chi connectivity index (χ3n) is 2.88. The van der Waals surface area contributed by atoms with Gasteiger partial charge in [-0.15, -0.1) is 0 Å². The fraction of sp³-hybridized carbons (Fsp3) is 0. The third-order valence-corrected chi connectivity index (χ3v) is 2.88. The average molecular weight is 254 g/mol. The second-order valence-corrected chi connectivity index (χ2v) is 4.22. The molecular formula is C15H10O4. The van der Waals surface area contributed by atoms with E-state index in [4.69, 9.17) is 4.74 Å². The van der Waals surface area contributed by atoms with E-state index in [1.165, 1.54) is 12.1 Å². The van der Waals surface area contributed by atoms with Crippen LogP contribution < -0.4 is 0 Å². The van der Waals surface area contributed by atoms with Gasteiger partial charge in [0.2, 0.25) is 0 Å². The maximum atomic E-state index is 11.7. The Morgan fingerprint density at radius 2 is 1.58 bits per heavy atom. The second-order valence-electron chi connectivity index (χ2n) is 4.22. The Morgan fingerprint density at radius 1 is 0.895 bits per heavy atom. The van der Waals surface area contributed by atoms with E-state index >= 15 is 0 Å². The van der Waals surface area contributed by atoms with Gasteiger partial charge < -0.3 is 14.9 Å². The number of rotatable bonds is 1. The number of carbonyl (C=O) groups excluding carboxylic acids is 1. The molecule has 0 aromatic heterocycles. The van der Waals surface area contributed by atoms with E-state index < -0.39 is 5.97 Å². The number of hydrogen-bond acceptors (Lipinski definition) is 4. The van der Waals surface area contributed by atoms with Crippen LogP contribution in [0.4, 0.5) is 0 Å². The van der Waals surface area contributed by atoms with E-state index in [0.29, 0.717) is 16.9 Å². The lowest BCUT2D eigenvalue weighted by Crippen LogP contribution is -1.92. The molecule has 3 rings (SSSR count). The first-order valence-corrected chi connectivity index (χ1v) is 5.70. The van der Waals surface area contributed by atoms with Gasteiger partial charge in [0.1, 0.15) is 17.3 Å². The maximum Gasteiger partial charge on any atom is 0.344 e. The molecule has 0 fully saturated rings. The number of ether oxygens (including phenoxy) is 1. The van der Waals surface area contributed by atoms with Gasteiger partial charge >= 0.3 is 5.97 Å². The van der Waals surface area contributed by atoms with E-state index in [1.807, 2.05) is 0 Å². The van der Waals surface area contributed by atoms with Crippen LogP contribution in [-0.2, 0) is 4.74 Å². The number of aromatic hydroxyl groups is 2. The zero-order valence-electron chi connectivity index (χ0n) is 9.83. The first-order chi connectivity index (χ1) is 9.13. The van der Waals surface area contributed by atoms with E-state index in [-0.39, 0.29) is 11.5 Å². The van der Waals surface area contributed by atoms with Crippen molar-refractivity contribution < 1.29 is 19.7 Å². The molecule has 1 heterocycles. The standard InChI is InChI=1S/C15H10O4/c16-10-3-1-9(2-4-10)7-14-12-6-5-11(17)8-13(12)15(18)19-14/h1-8,16-17H. The molecule has 4 heteroatoms. The molecule has 1 aliphatic heterocycles. The maximum absolute atomic E-state index is 11.7. The van der Waals surface area contributed by atoms with Crippen LogP contribution in [-0.4, -0.2) is 16.2 Å². The van der Waals surface area contributed by atoms with Gasteiger partial charge in [0.15, 0.2) is 0 Å². The van der Waals surface area contributed by atoms with Gasteiger partial charge in [-0.05, 0) is 42.0 Å². The second kappa shape index (κ2) is 4.17. The molecule has 2 aromatic carbocycles. The van der Waals surface area contributed by atoms with Crippen molar-refractivity contribution in [2.45, 2.75) is 0 Å². The monoisotopic (exact) mass is 254 g/mol. The van der Waals surface area contributed by atoms with E-state index in [1.54, 1.807) is 36.4 Å². The number of cyclic esters (lactones) is 1. The van der Waals surface area contributed by atoms with Crippen LogP contribution in [0.5, 0.6) is 11.5 Å². The van der Waals surface area contributed by atoms with Gasteiger partial charge in [0, 0.05) is 5.56 Å². The summed E-state index contributed by atoms with van der Waals surface area (Å²) in [6, 6.07) is 11.1. The highest BCUT2D eigenvalue weighted by molar-refractivity contribution is 6.05. The van der Waals surface area contributed by atoms with Crippen molar-refractivity contribution in [2.75, 3.05) is 0 Å². The van der Waals surface area contributed by atoms with Crippen molar-refractivity contribution >= 4 is 17.8 Å². The largest absolute Gasteiger partial charge is 0.508 e. The van der Waals surface area contributed by atoms with Gasteiger partial charge in [0.25, 0.3) is 0 Å². The fourth-order valence-electron chi connectivity index (χ4n) is 1.95. The highest BCUT2D eigenvalue weighted by Gasteiger charge is 2.26. The Kier molecular flexibility index (Phi) is 2.49. The Labute approximate surface area is 109 Å². The molecule has 0 bridgehead atoms.